The van der Waals surface area contributed by atoms with Crippen LogP contribution in [0.3, 0.4) is 0 Å². The average molecular weight is 415 g/mol. The number of para-hydroxylation sites is 1. The number of likely N-dealkylation sites (tertiary alicyclic amines) is 1. The summed E-state index contributed by atoms with van der Waals surface area (Å²) < 4.78 is 5.90. The van der Waals surface area contributed by atoms with Gasteiger partial charge in [-0.25, -0.2) is 0 Å². The molecule has 1 saturated heterocycles. The van der Waals surface area contributed by atoms with Gasteiger partial charge >= 0.3 is 0 Å². The number of rotatable bonds is 6. The lowest BCUT2D eigenvalue weighted by Crippen LogP contribution is -2.30. The van der Waals surface area contributed by atoms with Gasteiger partial charge in [-0.05, 0) is 55.3 Å². The van der Waals surface area contributed by atoms with E-state index in [2.05, 4.69) is 5.32 Å². The molecular weight excluding hydrogens is 388 g/mol. The predicted molar refractivity (Wildman–Crippen MR) is 121 cm³/mol. The van der Waals surface area contributed by atoms with E-state index >= 15 is 0 Å². The van der Waals surface area contributed by atoms with Gasteiger partial charge in [0.2, 0.25) is 11.8 Å². The fourth-order valence-electron chi connectivity index (χ4n) is 3.84. The Morgan fingerprint density at radius 1 is 1.00 bits per heavy atom. The molecule has 3 aromatic rings. The van der Waals surface area contributed by atoms with Crippen molar-refractivity contribution >= 4 is 17.5 Å². The number of anilines is 1. The van der Waals surface area contributed by atoms with Crippen molar-refractivity contribution in [1.82, 2.24) is 4.90 Å². The molecule has 0 saturated carbocycles. The molecule has 1 heterocycles. The Morgan fingerprint density at radius 3 is 2.39 bits per heavy atom. The van der Waals surface area contributed by atoms with E-state index in [0.717, 1.165) is 16.9 Å². The normalized spacial score (nSPS) is 16.8. The third kappa shape index (κ3) is 4.77. The first-order valence-electron chi connectivity index (χ1n) is 10.5. The molecule has 2 amide bonds. The van der Waals surface area contributed by atoms with Gasteiger partial charge in [0.15, 0.2) is 0 Å². The number of benzene rings is 3. The molecule has 0 unspecified atom stereocenters. The van der Waals surface area contributed by atoms with E-state index in [1.54, 1.807) is 4.90 Å². The molecule has 158 valence electrons. The van der Waals surface area contributed by atoms with Crippen molar-refractivity contribution in [2.45, 2.75) is 26.3 Å². The lowest BCUT2D eigenvalue weighted by molar-refractivity contribution is -0.129. The Hall–Kier alpha value is -3.60. The second-order valence-corrected chi connectivity index (χ2v) is 7.91. The third-order valence-corrected chi connectivity index (χ3v) is 5.72. The molecule has 31 heavy (non-hydrogen) atoms. The molecule has 0 spiro atoms. The molecule has 0 radical (unpaired) electrons. The van der Waals surface area contributed by atoms with Gasteiger partial charge in [0.1, 0.15) is 11.5 Å². The van der Waals surface area contributed by atoms with Gasteiger partial charge in [0.25, 0.3) is 0 Å². The highest BCUT2D eigenvalue weighted by Crippen LogP contribution is 2.30. The molecule has 3 aromatic carbocycles. The standard InChI is InChI=1S/C26H26N2O3/c1-18-8-6-7-11-24(18)31-23-14-12-22(13-15-23)27-26(30)21-16-25(29)28(17-21)19(2)20-9-4-3-5-10-20/h3-15,19,21H,16-17H2,1-2H3,(H,27,30)/t19-,21+/m0/s1. The van der Waals surface area contributed by atoms with E-state index < -0.39 is 0 Å². The van der Waals surface area contributed by atoms with Gasteiger partial charge < -0.3 is 15.0 Å². The minimum absolute atomic E-state index is 0.0125. The fourth-order valence-corrected chi connectivity index (χ4v) is 3.84. The van der Waals surface area contributed by atoms with Gasteiger partial charge in [0, 0.05) is 18.7 Å². The summed E-state index contributed by atoms with van der Waals surface area (Å²) in [5, 5.41) is 2.93. The molecule has 1 aliphatic heterocycles. The number of carbonyl (C=O) groups excluding carboxylic acids is 2. The number of nitrogens with zero attached hydrogens (tertiary/aromatic N) is 1. The summed E-state index contributed by atoms with van der Waals surface area (Å²) in [6, 6.07) is 24.9. The molecular formula is C26H26N2O3. The first kappa shape index (κ1) is 20.7. The lowest BCUT2D eigenvalue weighted by Gasteiger charge is -2.25. The van der Waals surface area contributed by atoms with Crippen LogP contribution in [0, 0.1) is 12.8 Å². The highest BCUT2D eigenvalue weighted by atomic mass is 16.5. The monoisotopic (exact) mass is 414 g/mol. The maximum atomic E-state index is 12.8. The molecule has 1 aliphatic rings. The maximum absolute atomic E-state index is 12.8. The molecule has 0 bridgehead atoms. The van der Waals surface area contributed by atoms with E-state index in [4.69, 9.17) is 4.74 Å². The van der Waals surface area contributed by atoms with Crippen LogP contribution in [-0.4, -0.2) is 23.3 Å². The van der Waals surface area contributed by atoms with Crippen LogP contribution in [0.5, 0.6) is 11.5 Å². The maximum Gasteiger partial charge on any atom is 0.229 e. The first-order chi connectivity index (χ1) is 15.0. The molecule has 5 heteroatoms. The zero-order chi connectivity index (χ0) is 21.8. The van der Waals surface area contributed by atoms with Crippen LogP contribution < -0.4 is 10.1 Å². The zero-order valence-corrected chi connectivity index (χ0v) is 17.7. The number of hydrogen-bond donors (Lipinski definition) is 1. The average Bonchev–Trinajstić information content (AvgIpc) is 3.18. The van der Waals surface area contributed by atoms with Crippen LogP contribution in [0.2, 0.25) is 0 Å². The van der Waals surface area contributed by atoms with E-state index in [1.165, 1.54) is 0 Å². The second kappa shape index (κ2) is 9.04. The van der Waals surface area contributed by atoms with Crippen molar-refractivity contribution in [3.8, 4) is 11.5 Å². The first-order valence-corrected chi connectivity index (χ1v) is 10.5. The fraction of sp³-hybridized carbons (Fsp3) is 0.231. The van der Waals surface area contributed by atoms with Gasteiger partial charge in [-0.15, -0.1) is 0 Å². The van der Waals surface area contributed by atoms with E-state index in [9.17, 15) is 9.59 Å². The highest BCUT2D eigenvalue weighted by molar-refractivity contribution is 5.97. The number of hydrogen-bond acceptors (Lipinski definition) is 3. The molecule has 2 atom stereocenters. The van der Waals surface area contributed by atoms with Crippen molar-refractivity contribution in [2.24, 2.45) is 5.92 Å². The summed E-state index contributed by atoms with van der Waals surface area (Å²) in [5.41, 5.74) is 2.81. The lowest BCUT2D eigenvalue weighted by atomic mass is 10.1. The smallest absolute Gasteiger partial charge is 0.229 e. The van der Waals surface area contributed by atoms with E-state index in [-0.39, 0.29) is 30.2 Å². The van der Waals surface area contributed by atoms with Crippen LogP contribution in [0.1, 0.15) is 30.5 Å². The number of ether oxygens (including phenoxy) is 1. The van der Waals surface area contributed by atoms with Crippen LogP contribution in [-0.2, 0) is 9.59 Å². The summed E-state index contributed by atoms with van der Waals surface area (Å²) in [4.78, 5) is 27.1. The number of amides is 2. The molecule has 0 aliphatic carbocycles. The van der Waals surface area contributed by atoms with Gasteiger partial charge in [-0.3, -0.25) is 9.59 Å². The van der Waals surface area contributed by atoms with Crippen LogP contribution in [0.15, 0.2) is 78.9 Å². The minimum atomic E-state index is -0.360. The molecule has 5 nitrogen and oxygen atoms in total. The Morgan fingerprint density at radius 2 is 1.68 bits per heavy atom. The molecule has 1 N–H and O–H groups in total. The summed E-state index contributed by atoms with van der Waals surface area (Å²) in [5.74, 6) is 1.02. The number of carbonyl (C=O) groups is 2. The Balaban J connectivity index is 1.36. The van der Waals surface area contributed by atoms with Crippen molar-refractivity contribution in [3.63, 3.8) is 0 Å². The summed E-state index contributed by atoms with van der Waals surface area (Å²) in [7, 11) is 0. The van der Waals surface area contributed by atoms with Crippen LogP contribution in [0.25, 0.3) is 0 Å². The highest BCUT2D eigenvalue weighted by Gasteiger charge is 2.37. The van der Waals surface area contributed by atoms with Crippen LogP contribution in [0.4, 0.5) is 5.69 Å². The summed E-state index contributed by atoms with van der Waals surface area (Å²) >= 11 is 0. The molecule has 4 rings (SSSR count). The second-order valence-electron chi connectivity index (χ2n) is 7.91. The number of nitrogens with one attached hydrogen (secondary N) is 1. The number of aryl methyl sites for hydroxylation is 1. The largest absolute Gasteiger partial charge is 0.457 e. The topological polar surface area (TPSA) is 58.6 Å². The summed E-state index contributed by atoms with van der Waals surface area (Å²) in [6.07, 6.45) is 0.234. The SMILES string of the molecule is Cc1ccccc1Oc1ccc(NC(=O)[C@@H]2CC(=O)N([C@@H](C)c3ccccc3)C2)cc1. The molecule has 1 fully saturated rings. The van der Waals surface area contributed by atoms with Crippen LogP contribution >= 0.6 is 0 Å². The predicted octanol–water partition coefficient (Wildman–Crippen LogP) is 5.34. The van der Waals surface area contributed by atoms with Crippen molar-refractivity contribution in [2.75, 3.05) is 11.9 Å². The minimum Gasteiger partial charge on any atom is -0.457 e. The van der Waals surface area contributed by atoms with E-state index in [1.807, 2.05) is 92.7 Å². The van der Waals surface area contributed by atoms with Gasteiger partial charge in [-0.2, -0.15) is 0 Å². The summed E-state index contributed by atoms with van der Waals surface area (Å²) in [6.45, 7) is 4.42. The van der Waals surface area contributed by atoms with Crippen molar-refractivity contribution in [1.29, 1.82) is 0 Å². The Kier molecular flexibility index (Phi) is 6.03. The van der Waals surface area contributed by atoms with Gasteiger partial charge in [0.05, 0.1) is 12.0 Å². The van der Waals surface area contributed by atoms with E-state index in [0.29, 0.717) is 18.0 Å². The van der Waals surface area contributed by atoms with Gasteiger partial charge in [-0.1, -0.05) is 48.5 Å². The Labute approximate surface area is 182 Å². The zero-order valence-electron chi connectivity index (χ0n) is 17.7. The third-order valence-electron chi connectivity index (χ3n) is 5.72. The van der Waals surface area contributed by atoms with Crippen molar-refractivity contribution < 1.29 is 14.3 Å². The molecule has 0 aromatic heterocycles. The quantitative estimate of drug-likeness (QED) is 0.593. The van der Waals surface area contributed by atoms with Crippen molar-refractivity contribution in [3.05, 3.63) is 90.0 Å². The Bertz CT molecular complexity index is 1060.